The van der Waals surface area contributed by atoms with E-state index in [1.165, 1.54) is 13.8 Å². The Morgan fingerprint density at radius 3 is 1.31 bits per heavy atom. The first-order valence-electron chi connectivity index (χ1n) is 10.0. The van der Waals surface area contributed by atoms with E-state index < -0.39 is 11.9 Å². The van der Waals surface area contributed by atoms with Crippen LogP contribution < -0.4 is 18.9 Å². The van der Waals surface area contributed by atoms with E-state index in [4.69, 9.17) is 18.9 Å². The van der Waals surface area contributed by atoms with Crippen molar-refractivity contribution in [2.45, 2.75) is 13.8 Å². The minimum atomic E-state index is -0.411. The fourth-order valence-electron chi connectivity index (χ4n) is 3.97. The maximum Gasteiger partial charge on any atom is 0.308 e. The second kappa shape index (κ2) is 8.59. The van der Waals surface area contributed by atoms with Crippen LogP contribution in [0.3, 0.4) is 0 Å². The lowest BCUT2D eigenvalue weighted by molar-refractivity contribution is -0.132. The Kier molecular flexibility index (Phi) is 5.69. The number of methoxy groups -OCH3 is 2. The molecule has 0 aromatic heterocycles. The zero-order valence-corrected chi connectivity index (χ0v) is 18.2. The van der Waals surface area contributed by atoms with Crippen LogP contribution in [0.2, 0.25) is 0 Å². The smallest absolute Gasteiger partial charge is 0.308 e. The van der Waals surface area contributed by atoms with Gasteiger partial charge in [-0.1, -0.05) is 24.3 Å². The van der Waals surface area contributed by atoms with Gasteiger partial charge in [0.05, 0.1) is 25.0 Å². The highest BCUT2D eigenvalue weighted by Crippen LogP contribution is 2.44. The zero-order valence-electron chi connectivity index (χ0n) is 18.2. The molecule has 0 saturated heterocycles. The van der Waals surface area contributed by atoms with Crippen molar-refractivity contribution in [3.63, 3.8) is 0 Å². The van der Waals surface area contributed by atoms with Crippen LogP contribution in [0.1, 0.15) is 13.8 Å². The van der Waals surface area contributed by atoms with E-state index in [2.05, 4.69) is 0 Å². The molecule has 0 aliphatic heterocycles. The van der Waals surface area contributed by atoms with Gasteiger partial charge in [-0.15, -0.1) is 0 Å². The van der Waals surface area contributed by atoms with Gasteiger partial charge < -0.3 is 18.9 Å². The molecule has 0 saturated carbocycles. The highest BCUT2D eigenvalue weighted by atomic mass is 16.5. The average Bonchev–Trinajstić information content (AvgIpc) is 2.78. The Bertz CT molecular complexity index is 1250. The standard InChI is InChI=1S/C26H22O6/c1-15(27)31-23-13-11-17(19-7-5-9-21(29-3)25(19)23)18-12-14-24(32-16(2)28)26-20(18)8-6-10-22(26)30-4/h5-14H,1-4H3. The van der Waals surface area contributed by atoms with Crippen molar-refractivity contribution in [2.75, 3.05) is 14.2 Å². The van der Waals surface area contributed by atoms with Gasteiger partial charge in [-0.2, -0.15) is 0 Å². The molecule has 4 aromatic carbocycles. The summed E-state index contributed by atoms with van der Waals surface area (Å²) in [6.45, 7) is 2.73. The predicted octanol–water partition coefficient (Wildman–Crippen LogP) is 5.53. The third kappa shape index (κ3) is 3.71. The molecule has 4 rings (SSSR count). The Balaban J connectivity index is 2.07. The van der Waals surface area contributed by atoms with Gasteiger partial charge in [-0.25, -0.2) is 0 Å². The van der Waals surface area contributed by atoms with Gasteiger partial charge >= 0.3 is 11.9 Å². The number of esters is 2. The van der Waals surface area contributed by atoms with Crippen LogP contribution in [0.25, 0.3) is 32.7 Å². The molecular weight excluding hydrogens is 408 g/mol. The SMILES string of the molecule is COc1cccc2c(-c3ccc(OC(C)=O)c4c(OC)cccc34)ccc(OC(C)=O)c12. The molecule has 0 heterocycles. The third-order valence-corrected chi connectivity index (χ3v) is 5.17. The van der Waals surface area contributed by atoms with E-state index >= 15 is 0 Å². The van der Waals surface area contributed by atoms with E-state index in [0.29, 0.717) is 33.8 Å². The molecule has 0 radical (unpaired) electrons. The summed E-state index contributed by atoms with van der Waals surface area (Å²) in [6, 6.07) is 18.6. The Morgan fingerprint density at radius 2 is 0.969 bits per heavy atom. The molecule has 162 valence electrons. The van der Waals surface area contributed by atoms with Gasteiger partial charge in [0.25, 0.3) is 0 Å². The summed E-state index contributed by atoms with van der Waals surface area (Å²) >= 11 is 0. The predicted molar refractivity (Wildman–Crippen MR) is 123 cm³/mol. The lowest BCUT2D eigenvalue weighted by Gasteiger charge is -2.17. The molecule has 0 aliphatic rings. The number of hydrogen-bond acceptors (Lipinski definition) is 6. The fourth-order valence-corrected chi connectivity index (χ4v) is 3.97. The van der Waals surface area contributed by atoms with Crippen LogP contribution >= 0.6 is 0 Å². The summed E-state index contributed by atoms with van der Waals surface area (Å²) in [7, 11) is 3.15. The van der Waals surface area contributed by atoms with E-state index in [9.17, 15) is 9.59 Å². The summed E-state index contributed by atoms with van der Waals surface area (Å²) in [6.07, 6.45) is 0. The topological polar surface area (TPSA) is 71.1 Å². The number of benzene rings is 4. The number of rotatable bonds is 5. The van der Waals surface area contributed by atoms with Crippen molar-refractivity contribution < 1.29 is 28.5 Å². The molecule has 4 aromatic rings. The monoisotopic (exact) mass is 430 g/mol. The molecule has 0 bridgehead atoms. The van der Waals surface area contributed by atoms with Crippen LogP contribution in [-0.2, 0) is 9.59 Å². The van der Waals surface area contributed by atoms with Crippen molar-refractivity contribution in [3.05, 3.63) is 60.7 Å². The summed E-state index contributed by atoms with van der Waals surface area (Å²) in [5.41, 5.74) is 1.81. The van der Waals surface area contributed by atoms with Gasteiger partial charge in [-0.3, -0.25) is 9.59 Å². The van der Waals surface area contributed by atoms with Crippen LogP contribution in [0, 0.1) is 0 Å². The Hall–Kier alpha value is -4.06. The van der Waals surface area contributed by atoms with Crippen molar-refractivity contribution in [2.24, 2.45) is 0 Å². The first-order valence-corrected chi connectivity index (χ1v) is 10.0. The highest BCUT2D eigenvalue weighted by Gasteiger charge is 2.19. The average molecular weight is 430 g/mol. The van der Waals surface area contributed by atoms with E-state index in [1.54, 1.807) is 26.4 Å². The first kappa shape index (κ1) is 21.2. The van der Waals surface area contributed by atoms with Crippen molar-refractivity contribution in [1.29, 1.82) is 0 Å². The van der Waals surface area contributed by atoms with Gasteiger partial charge in [0.1, 0.15) is 23.0 Å². The maximum atomic E-state index is 11.7. The molecule has 0 N–H and O–H groups in total. The molecule has 32 heavy (non-hydrogen) atoms. The summed E-state index contributed by atoms with van der Waals surface area (Å²) in [4.78, 5) is 23.3. The normalized spacial score (nSPS) is 10.8. The van der Waals surface area contributed by atoms with Gasteiger partial charge in [0.2, 0.25) is 0 Å². The Morgan fingerprint density at radius 1 is 0.562 bits per heavy atom. The number of carbonyl (C=O) groups is 2. The van der Waals surface area contributed by atoms with E-state index in [0.717, 1.165) is 21.9 Å². The molecule has 0 aliphatic carbocycles. The molecule has 0 fully saturated rings. The van der Waals surface area contributed by atoms with Crippen LogP contribution in [-0.4, -0.2) is 26.2 Å². The van der Waals surface area contributed by atoms with Gasteiger partial charge in [0, 0.05) is 13.8 Å². The lowest BCUT2D eigenvalue weighted by Crippen LogP contribution is -2.03. The summed E-state index contributed by atoms with van der Waals surface area (Å²) in [5.74, 6) is 1.22. The number of carbonyl (C=O) groups excluding carboxylic acids is 2. The van der Waals surface area contributed by atoms with E-state index in [-0.39, 0.29) is 0 Å². The first-order chi connectivity index (χ1) is 15.4. The largest absolute Gasteiger partial charge is 0.496 e. The quantitative estimate of drug-likeness (QED) is 0.306. The fraction of sp³-hybridized carbons (Fsp3) is 0.154. The van der Waals surface area contributed by atoms with Crippen LogP contribution in [0.15, 0.2) is 60.7 Å². The molecule has 0 amide bonds. The number of hydrogen-bond donors (Lipinski definition) is 0. The maximum absolute atomic E-state index is 11.7. The molecule has 0 spiro atoms. The molecular formula is C26H22O6. The summed E-state index contributed by atoms with van der Waals surface area (Å²) < 4.78 is 22.0. The second-order valence-corrected chi connectivity index (χ2v) is 7.18. The van der Waals surface area contributed by atoms with Crippen LogP contribution in [0.4, 0.5) is 0 Å². The van der Waals surface area contributed by atoms with Crippen molar-refractivity contribution >= 4 is 33.5 Å². The summed E-state index contributed by atoms with van der Waals surface area (Å²) in [5, 5.41) is 3.10. The minimum Gasteiger partial charge on any atom is -0.496 e. The molecule has 0 atom stereocenters. The Labute approximate surface area is 185 Å². The number of ether oxygens (including phenoxy) is 4. The highest BCUT2D eigenvalue weighted by molar-refractivity contribution is 6.11. The molecule has 0 unspecified atom stereocenters. The van der Waals surface area contributed by atoms with Gasteiger partial charge in [0.15, 0.2) is 0 Å². The molecule has 6 nitrogen and oxygen atoms in total. The van der Waals surface area contributed by atoms with E-state index in [1.807, 2.05) is 48.5 Å². The minimum absolute atomic E-state index is 0.411. The van der Waals surface area contributed by atoms with Gasteiger partial charge in [-0.05, 0) is 58.3 Å². The lowest BCUT2D eigenvalue weighted by atomic mass is 9.92. The number of fused-ring (bicyclic) bond motifs is 2. The van der Waals surface area contributed by atoms with Crippen LogP contribution in [0.5, 0.6) is 23.0 Å². The molecule has 6 heteroatoms. The second-order valence-electron chi connectivity index (χ2n) is 7.18. The van der Waals surface area contributed by atoms with Crippen molar-refractivity contribution in [3.8, 4) is 34.1 Å². The third-order valence-electron chi connectivity index (χ3n) is 5.17. The van der Waals surface area contributed by atoms with Crippen molar-refractivity contribution in [1.82, 2.24) is 0 Å². The zero-order chi connectivity index (χ0) is 22.8.